The molecular formula is C18H21N3O3. The van der Waals surface area contributed by atoms with E-state index in [0.717, 1.165) is 50.2 Å². The van der Waals surface area contributed by atoms with Crippen LogP contribution in [0.25, 0.3) is 0 Å². The lowest BCUT2D eigenvalue weighted by Gasteiger charge is -2.21. The lowest BCUT2D eigenvalue weighted by Crippen LogP contribution is -2.21. The third kappa shape index (κ3) is 2.88. The van der Waals surface area contributed by atoms with E-state index < -0.39 is 5.97 Å². The van der Waals surface area contributed by atoms with E-state index in [1.165, 1.54) is 6.42 Å². The van der Waals surface area contributed by atoms with Gasteiger partial charge in [-0.3, -0.25) is 0 Å². The molecule has 2 aromatic rings. The highest BCUT2D eigenvalue weighted by atomic mass is 16.4. The second-order valence-corrected chi connectivity index (χ2v) is 6.82. The van der Waals surface area contributed by atoms with Gasteiger partial charge in [-0.25, -0.2) is 4.79 Å². The zero-order chi connectivity index (χ0) is 16.5. The molecule has 1 atom stereocenters. The molecule has 0 amide bonds. The number of aromatic carboxylic acids is 1. The van der Waals surface area contributed by atoms with Crippen LogP contribution in [0.5, 0.6) is 0 Å². The largest absolute Gasteiger partial charge is 0.478 e. The molecule has 4 rings (SSSR count). The molecule has 6 heteroatoms. The van der Waals surface area contributed by atoms with Gasteiger partial charge in [0.05, 0.1) is 5.56 Å². The number of hydrogen-bond donors (Lipinski definition) is 1. The Kier molecular flexibility index (Phi) is 3.96. The van der Waals surface area contributed by atoms with Gasteiger partial charge in [0.15, 0.2) is 0 Å². The summed E-state index contributed by atoms with van der Waals surface area (Å²) >= 11 is 0. The number of benzene rings is 1. The summed E-state index contributed by atoms with van der Waals surface area (Å²) in [6, 6.07) is 7.87. The SMILES string of the molecule is O=C(O)c1ccccc1CC1CCN(c2nnc(C3CCC3)o2)C1. The number of carboxylic acid groups (broad SMARTS) is 1. The van der Waals surface area contributed by atoms with Crippen molar-refractivity contribution in [1.29, 1.82) is 0 Å². The van der Waals surface area contributed by atoms with Gasteiger partial charge in [-0.2, -0.15) is 0 Å². The summed E-state index contributed by atoms with van der Waals surface area (Å²) < 4.78 is 5.84. The molecule has 0 radical (unpaired) electrons. The van der Waals surface area contributed by atoms with Gasteiger partial charge in [-0.15, -0.1) is 5.10 Å². The van der Waals surface area contributed by atoms with Crippen LogP contribution in [0.15, 0.2) is 28.7 Å². The first-order chi connectivity index (χ1) is 11.7. The molecule has 126 valence electrons. The van der Waals surface area contributed by atoms with Crippen LogP contribution in [0.2, 0.25) is 0 Å². The van der Waals surface area contributed by atoms with Crippen LogP contribution in [0, 0.1) is 5.92 Å². The predicted octanol–water partition coefficient (Wildman–Crippen LogP) is 3.10. The van der Waals surface area contributed by atoms with E-state index in [9.17, 15) is 9.90 Å². The second-order valence-electron chi connectivity index (χ2n) is 6.82. The highest BCUT2D eigenvalue weighted by molar-refractivity contribution is 5.89. The van der Waals surface area contributed by atoms with Crippen molar-refractivity contribution in [3.8, 4) is 0 Å². The molecular weight excluding hydrogens is 306 g/mol. The fourth-order valence-corrected chi connectivity index (χ4v) is 3.57. The van der Waals surface area contributed by atoms with Crippen LogP contribution in [0.4, 0.5) is 6.01 Å². The summed E-state index contributed by atoms with van der Waals surface area (Å²) in [6.45, 7) is 1.71. The van der Waals surface area contributed by atoms with Crippen LogP contribution in [-0.2, 0) is 6.42 Å². The summed E-state index contributed by atoms with van der Waals surface area (Å²) in [5, 5.41) is 17.7. The Morgan fingerprint density at radius 2 is 2.08 bits per heavy atom. The van der Waals surface area contributed by atoms with Crippen molar-refractivity contribution in [1.82, 2.24) is 10.2 Å². The third-order valence-corrected chi connectivity index (χ3v) is 5.20. The summed E-state index contributed by atoms with van der Waals surface area (Å²) in [6.07, 6.45) is 5.32. The Morgan fingerprint density at radius 3 is 2.83 bits per heavy atom. The molecule has 2 aliphatic rings. The summed E-state index contributed by atoms with van der Waals surface area (Å²) in [5.41, 5.74) is 1.30. The minimum atomic E-state index is -0.859. The lowest BCUT2D eigenvalue weighted by atomic mass is 9.85. The van der Waals surface area contributed by atoms with Gasteiger partial charge in [-0.1, -0.05) is 29.7 Å². The molecule has 1 unspecified atom stereocenters. The number of hydrogen-bond acceptors (Lipinski definition) is 5. The summed E-state index contributed by atoms with van der Waals surface area (Å²) in [4.78, 5) is 13.5. The van der Waals surface area contributed by atoms with Crippen molar-refractivity contribution in [2.24, 2.45) is 5.92 Å². The van der Waals surface area contributed by atoms with Gasteiger partial charge < -0.3 is 14.4 Å². The minimum Gasteiger partial charge on any atom is -0.478 e. The molecule has 6 nitrogen and oxygen atoms in total. The minimum absolute atomic E-state index is 0.404. The van der Waals surface area contributed by atoms with Gasteiger partial charge in [0.25, 0.3) is 0 Å². The lowest BCUT2D eigenvalue weighted by molar-refractivity contribution is 0.0695. The standard InChI is InChI=1S/C18H21N3O3/c22-17(23)15-7-2-1-4-14(15)10-12-8-9-21(11-12)18-20-19-16(24-18)13-5-3-6-13/h1-2,4,7,12-13H,3,5-6,8-11H2,(H,22,23). The molecule has 1 aromatic carbocycles. The first-order valence-electron chi connectivity index (χ1n) is 8.60. The number of carboxylic acids is 1. The molecule has 0 spiro atoms. The first-order valence-corrected chi connectivity index (χ1v) is 8.60. The molecule has 1 aliphatic carbocycles. The van der Waals surface area contributed by atoms with Crippen LogP contribution >= 0.6 is 0 Å². The van der Waals surface area contributed by atoms with Gasteiger partial charge in [0, 0.05) is 19.0 Å². The molecule has 1 aromatic heterocycles. The molecule has 2 heterocycles. The second kappa shape index (κ2) is 6.26. The highest BCUT2D eigenvalue weighted by Gasteiger charge is 2.30. The van der Waals surface area contributed by atoms with E-state index in [-0.39, 0.29) is 0 Å². The first kappa shape index (κ1) is 15.2. The zero-order valence-corrected chi connectivity index (χ0v) is 13.5. The molecule has 0 bridgehead atoms. The van der Waals surface area contributed by atoms with Crippen LogP contribution in [-0.4, -0.2) is 34.4 Å². The van der Waals surface area contributed by atoms with Gasteiger partial charge in [0.2, 0.25) is 5.89 Å². The van der Waals surface area contributed by atoms with Crippen molar-refractivity contribution in [3.05, 3.63) is 41.3 Å². The van der Waals surface area contributed by atoms with E-state index in [0.29, 0.717) is 23.4 Å². The number of rotatable bonds is 5. The summed E-state index contributed by atoms with van der Waals surface area (Å²) in [7, 11) is 0. The summed E-state index contributed by atoms with van der Waals surface area (Å²) in [5.74, 6) is 0.773. The number of anilines is 1. The monoisotopic (exact) mass is 327 g/mol. The zero-order valence-electron chi connectivity index (χ0n) is 13.5. The maximum absolute atomic E-state index is 11.3. The average Bonchev–Trinajstić information content (AvgIpc) is 3.15. The number of carbonyl (C=O) groups is 1. The van der Waals surface area contributed by atoms with Crippen LogP contribution in [0.3, 0.4) is 0 Å². The Hall–Kier alpha value is -2.37. The predicted molar refractivity (Wildman–Crippen MR) is 88.3 cm³/mol. The van der Waals surface area contributed by atoms with Gasteiger partial charge in [0.1, 0.15) is 0 Å². The third-order valence-electron chi connectivity index (χ3n) is 5.20. The molecule has 24 heavy (non-hydrogen) atoms. The number of aromatic nitrogens is 2. The Balaban J connectivity index is 1.41. The number of nitrogens with zero attached hydrogens (tertiary/aromatic N) is 3. The average molecular weight is 327 g/mol. The fraction of sp³-hybridized carbons (Fsp3) is 0.500. The van der Waals surface area contributed by atoms with Crippen molar-refractivity contribution in [2.75, 3.05) is 18.0 Å². The van der Waals surface area contributed by atoms with E-state index in [1.54, 1.807) is 12.1 Å². The quantitative estimate of drug-likeness (QED) is 0.909. The van der Waals surface area contributed by atoms with Gasteiger partial charge >= 0.3 is 12.0 Å². The van der Waals surface area contributed by atoms with Crippen LogP contribution < -0.4 is 4.90 Å². The Bertz CT molecular complexity index is 739. The van der Waals surface area contributed by atoms with Crippen molar-refractivity contribution in [2.45, 2.75) is 38.0 Å². The Labute approximate surface area is 140 Å². The molecule has 1 N–H and O–H groups in total. The van der Waals surface area contributed by atoms with E-state index in [1.807, 2.05) is 12.1 Å². The maximum atomic E-state index is 11.3. The fourth-order valence-electron chi connectivity index (χ4n) is 3.57. The molecule has 2 fully saturated rings. The van der Waals surface area contributed by atoms with Crippen LogP contribution in [0.1, 0.15) is 53.4 Å². The topological polar surface area (TPSA) is 79.5 Å². The highest BCUT2D eigenvalue weighted by Crippen LogP contribution is 2.37. The van der Waals surface area contributed by atoms with Crippen molar-refractivity contribution in [3.63, 3.8) is 0 Å². The maximum Gasteiger partial charge on any atom is 0.335 e. The molecule has 1 saturated carbocycles. The smallest absolute Gasteiger partial charge is 0.335 e. The van der Waals surface area contributed by atoms with E-state index in [2.05, 4.69) is 15.1 Å². The van der Waals surface area contributed by atoms with Crippen molar-refractivity contribution >= 4 is 12.0 Å². The van der Waals surface area contributed by atoms with E-state index in [4.69, 9.17) is 4.42 Å². The normalized spacial score (nSPS) is 21.0. The van der Waals surface area contributed by atoms with Gasteiger partial charge in [-0.05, 0) is 43.2 Å². The van der Waals surface area contributed by atoms with Crippen molar-refractivity contribution < 1.29 is 14.3 Å². The van der Waals surface area contributed by atoms with E-state index >= 15 is 0 Å². The molecule has 1 aliphatic heterocycles. The molecule has 1 saturated heterocycles. The Morgan fingerprint density at radius 1 is 1.25 bits per heavy atom.